The van der Waals surface area contributed by atoms with E-state index in [1.807, 2.05) is 0 Å². The third-order valence-corrected chi connectivity index (χ3v) is 3.45. The third-order valence-electron chi connectivity index (χ3n) is 3.45. The van der Waals surface area contributed by atoms with Crippen LogP contribution in [0.4, 0.5) is 23.2 Å². The smallest absolute Gasteiger partial charge is 0.409 e. The fraction of sp³-hybridized carbons (Fsp3) is 0.125. The predicted octanol–water partition coefficient (Wildman–Crippen LogP) is 3.64. The zero-order chi connectivity index (χ0) is 18.0. The number of benzene rings is 1. The summed E-state index contributed by atoms with van der Waals surface area (Å²) >= 11 is 0. The highest BCUT2D eigenvalue weighted by Gasteiger charge is 2.31. The first kappa shape index (κ1) is 16.7. The van der Waals surface area contributed by atoms with E-state index >= 15 is 0 Å². The molecule has 1 aromatic carbocycles. The number of alkyl halides is 3. The Balaban J connectivity index is 1.89. The number of carbonyl (C=O) groups is 1. The first-order valence-corrected chi connectivity index (χ1v) is 7.05. The van der Waals surface area contributed by atoms with Crippen molar-refractivity contribution in [2.45, 2.75) is 12.7 Å². The normalized spacial score (nSPS) is 11.5. The number of anilines is 1. The molecule has 9 heteroatoms. The zero-order valence-corrected chi connectivity index (χ0v) is 12.5. The summed E-state index contributed by atoms with van der Waals surface area (Å²) in [7, 11) is 0. The van der Waals surface area contributed by atoms with Crippen LogP contribution in [-0.4, -0.2) is 15.9 Å². The molecule has 0 aliphatic rings. The first-order chi connectivity index (χ1) is 11.9. The third kappa shape index (κ3) is 3.54. The number of halogens is 4. The Hall–Kier alpha value is -3.10. The van der Waals surface area contributed by atoms with Gasteiger partial charge in [-0.1, -0.05) is 0 Å². The van der Waals surface area contributed by atoms with Gasteiger partial charge in [-0.3, -0.25) is 9.20 Å². The van der Waals surface area contributed by atoms with E-state index in [1.54, 1.807) is 18.3 Å². The topological polar surface area (TPSA) is 55.6 Å². The maximum absolute atomic E-state index is 13.4. The molecule has 2 aromatic heterocycles. The minimum atomic E-state index is -4.64. The average molecular weight is 353 g/mol. The maximum Gasteiger partial charge on any atom is 0.416 e. The second-order valence-electron chi connectivity index (χ2n) is 5.12. The van der Waals surface area contributed by atoms with Crippen molar-refractivity contribution in [3.05, 3.63) is 59.7 Å². The Morgan fingerprint density at radius 3 is 2.76 bits per heavy atom. The highest BCUT2D eigenvalue weighted by atomic mass is 19.4. The zero-order valence-electron chi connectivity index (χ0n) is 12.5. The van der Waals surface area contributed by atoms with Gasteiger partial charge in [-0.25, -0.2) is 9.37 Å². The van der Waals surface area contributed by atoms with Crippen LogP contribution in [0.2, 0.25) is 0 Å². The standard InChI is InChI=1S/C16H11F4N3O2/c17-12-6-10(5-11(7-12)16(18,19)20)8-22-13-1-2-14-21-3-4-23(14)15(13)25-9-24/h1-7,9,22H,8H2. The van der Waals surface area contributed by atoms with Crippen LogP contribution in [0.5, 0.6) is 5.88 Å². The largest absolute Gasteiger partial charge is 0.416 e. The molecular weight excluding hydrogens is 342 g/mol. The maximum atomic E-state index is 13.4. The second-order valence-corrected chi connectivity index (χ2v) is 5.12. The van der Waals surface area contributed by atoms with Gasteiger partial charge < -0.3 is 10.1 Å². The number of carbonyl (C=O) groups excluding carboxylic acids is 1. The van der Waals surface area contributed by atoms with Gasteiger partial charge in [-0.05, 0) is 35.9 Å². The van der Waals surface area contributed by atoms with Crippen LogP contribution in [-0.2, 0) is 17.5 Å². The number of imidazole rings is 1. The number of nitrogens with one attached hydrogen (secondary N) is 1. The molecule has 130 valence electrons. The van der Waals surface area contributed by atoms with Crippen molar-refractivity contribution in [2.24, 2.45) is 0 Å². The van der Waals surface area contributed by atoms with Crippen molar-refractivity contribution in [3.63, 3.8) is 0 Å². The van der Waals surface area contributed by atoms with Crippen LogP contribution in [0.3, 0.4) is 0 Å². The molecule has 0 saturated carbocycles. The number of hydrogen-bond donors (Lipinski definition) is 1. The summed E-state index contributed by atoms with van der Waals surface area (Å²) in [6, 6.07) is 5.48. The lowest BCUT2D eigenvalue weighted by Gasteiger charge is -2.13. The van der Waals surface area contributed by atoms with Crippen LogP contribution in [0.1, 0.15) is 11.1 Å². The van der Waals surface area contributed by atoms with Gasteiger partial charge in [0.15, 0.2) is 0 Å². The SMILES string of the molecule is O=COc1c(NCc2cc(F)cc(C(F)(F)F)c2)ccc2nccn12. The lowest BCUT2D eigenvalue weighted by molar-refractivity contribution is -0.137. The van der Waals surface area contributed by atoms with Crippen LogP contribution in [0.25, 0.3) is 5.65 Å². The highest BCUT2D eigenvalue weighted by Crippen LogP contribution is 2.31. The van der Waals surface area contributed by atoms with E-state index in [4.69, 9.17) is 4.74 Å². The van der Waals surface area contributed by atoms with E-state index in [0.29, 0.717) is 17.4 Å². The minimum Gasteiger partial charge on any atom is -0.409 e. The van der Waals surface area contributed by atoms with Gasteiger partial charge in [0.1, 0.15) is 11.5 Å². The monoisotopic (exact) mass is 353 g/mol. The number of fused-ring (bicyclic) bond motifs is 1. The van der Waals surface area contributed by atoms with Crippen LogP contribution in [0.15, 0.2) is 42.7 Å². The number of pyridine rings is 1. The van der Waals surface area contributed by atoms with E-state index < -0.39 is 17.6 Å². The molecule has 0 aliphatic heterocycles. The molecule has 0 atom stereocenters. The van der Waals surface area contributed by atoms with Crippen LogP contribution in [0, 0.1) is 5.82 Å². The van der Waals surface area contributed by atoms with Gasteiger partial charge in [-0.15, -0.1) is 0 Å². The predicted molar refractivity (Wildman–Crippen MR) is 80.6 cm³/mol. The molecule has 3 aromatic rings. The van der Waals surface area contributed by atoms with Gasteiger partial charge in [0, 0.05) is 18.9 Å². The molecule has 0 amide bonds. The lowest BCUT2D eigenvalue weighted by Crippen LogP contribution is -2.09. The number of aromatic nitrogens is 2. The summed E-state index contributed by atoms with van der Waals surface area (Å²) in [6.45, 7) is 0.125. The van der Waals surface area contributed by atoms with Crippen molar-refractivity contribution < 1.29 is 27.1 Å². The Morgan fingerprint density at radius 1 is 1.24 bits per heavy atom. The molecule has 0 radical (unpaired) electrons. The van der Waals surface area contributed by atoms with E-state index in [0.717, 1.165) is 12.1 Å². The van der Waals surface area contributed by atoms with Gasteiger partial charge in [0.05, 0.1) is 11.3 Å². The first-order valence-electron chi connectivity index (χ1n) is 7.05. The molecule has 0 bridgehead atoms. The Morgan fingerprint density at radius 2 is 2.04 bits per heavy atom. The van der Waals surface area contributed by atoms with Crippen molar-refractivity contribution >= 4 is 17.8 Å². The van der Waals surface area contributed by atoms with E-state index in [1.165, 1.54) is 10.6 Å². The summed E-state index contributed by atoms with van der Waals surface area (Å²) in [6.07, 6.45) is -1.58. The van der Waals surface area contributed by atoms with E-state index in [2.05, 4.69) is 10.3 Å². The minimum absolute atomic E-state index is 0.0927. The fourth-order valence-corrected chi connectivity index (χ4v) is 2.38. The summed E-state index contributed by atoms with van der Waals surface area (Å²) in [5.41, 5.74) is -0.114. The number of nitrogens with zero attached hydrogens (tertiary/aromatic N) is 2. The van der Waals surface area contributed by atoms with Gasteiger partial charge in [0.2, 0.25) is 5.88 Å². The Bertz CT molecular complexity index is 921. The molecule has 0 spiro atoms. The number of hydrogen-bond acceptors (Lipinski definition) is 4. The molecule has 0 saturated heterocycles. The molecule has 2 heterocycles. The van der Waals surface area contributed by atoms with Gasteiger partial charge >= 0.3 is 6.18 Å². The summed E-state index contributed by atoms with van der Waals surface area (Å²) < 4.78 is 58.1. The van der Waals surface area contributed by atoms with Crippen molar-refractivity contribution in [1.82, 2.24) is 9.38 Å². The van der Waals surface area contributed by atoms with Crippen molar-refractivity contribution in [2.75, 3.05) is 5.32 Å². The summed E-state index contributed by atoms with van der Waals surface area (Å²) in [5, 5.41) is 2.84. The lowest BCUT2D eigenvalue weighted by atomic mass is 10.1. The highest BCUT2D eigenvalue weighted by molar-refractivity contribution is 5.63. The molecule has 0 fully saturated rings. The molecule has 3 rings (SSSR count). The van der Waals surface area contributed by atoms with Crippen molar-refractivity contribution in [1.29, 1.82) is 0 Å². The molecule has 0 aliphatic carbocycles. The number of rotatable bonds is 5. The Labute approximate surface area is 138 Å². The van der Waals surface area contributed by atoms with Gasteiger partial charge in [-0.2, -0.15) is 13.2 Å². The molecule has 1 N–H and O–H groups in total. The van der Waals surface area contributed by atoms with E-state index in [9.17, 15) is 22.4 Å². The van der Waals surface area contributed by atoms with Crippen molar-refractivity contribution in [3.8, 4) is 5.88 Å². The molecule has 25 heavy (non-hydrogen) atoms. The molecule has 5 nitrogen and oxygen atoms in total. The average Bonchev–Trinajstić information content (AvgIpc) is 3.02. The molecule has 0 unspecified atom stereocenters. The quantitative estimate of drug-likeness (QED) is 0.562. The fourth-order valence-electron chi connectivity index (χ4n) is 2.38. The van der Waals surface area contributed by atoms with E-state index in [-0.39, 0.29) is 24.5 Å². The molecular formula is C16H11F4N3O2. The number of ether oxygens (including phenoxy) is 1. The summed E-state index contributed by atoms with van der Waals surface area (Å²) in [4.78, 5) is 14.7. The Kier molecular flexibility index (Phi) is 4.30. The summed E-state index contributed by atoms with van der Waals surface area (Å²) in [5.74, 6) is -0.863. The second kappa shape index (κ2) is 6.42. The van der Waals surface area contributed by atoms with Crippen LogP contribution < -0.4 is 10.1 Å². The van der Waals surface area contributed by atoms with Gasteiger partial charge in [0.25, 0.3) is 6.47 Å². The van der Waals surface area contributed by atoms with Crippen LogP contribution >= 0.6 is 0 Å².